The molecule has 66 valence electrons. The molecule has 0 radical (unpaired) electrons. The van der Waals surface area contributed by atoms with Crippen molar-refractivity contribution in [1.82, 2.24) is 0 Å². The quantitative estimate of drug-likeness (QED) is 0.476. The summed E-state index contributed by atoms with van der Waals surface area (Å²) in [5.74, 6) is 0. The van der Waals surface area contributed by atoms with Crippen molar-refractivity contribution in [3.63, 3.8) is 0 Å². The zero-order chi connectivity index (χ0) is 9.19. The fraction of sp³-hybridized carbons (Fsp3) is 0.286. The van der Waals surface area contributed by atoms with Gasteiger partial charge in [0, 0.05) is 0 Å². The van der Waals surface area contributed by atoms with E-state index in [9.17, 15) is 5.21 Å². The molecule has 5 heteroatoms. The average molecular weight is 310 g/mol. The standard InChI is InChI=1S/C5H5NOS.2CH3.ClH.Sn/c7-6-4-2-1-3-5(6)8;;;;/h1-4,8H;2*1H3;1H;/q;;;;+2/p-2. The van der Waals surface area contributed by atoms with Crippen molar-refractivity contribution in [1.29, 1.82) is 0 Å². The van der Waals surface area contributed by atoms with Gasteiger partial charge in [-0.3, -0.25) is 0 Å². The van der Waals surface area contributed by atoms with Crippen molar-refractivity contribution in [3.05, 3.63) is 29.6 Å². The first-order valence-corrected chi connectivity index (χ1v) is 17.2. The maximum atomic E-state index is 11.2. The summed E-state index contributed by atoms with van der Waals surface area (Å²) in [6.45, 7) is 0. The molecule has 0 fully saturated rings. The topological polar surface area (TPSA) is 26.9 Å². The van der Waals surface area contributed by atoms with Gasteiger partial charge in [-0.1, -0.05) is 0 Å². The Morgan fingerprint density at radius 2 is 2.17 bits per heavy atom. The summed E-state index contributed by atoms with van der Waals surface area (Å²) in [5, 5.41) is 11.9. The Morgan fingerprint density at radius 3 is 2.67 bits per heavy atom. The molecule has 0 spiro atoms. The molecule has 0 saturated heterocycles. The number of aromatic nitrogens is 1. The first-order valence-electron chi connectivity index (χ1n) is 3.55. The molecule has 0 bridgehead atoms. The van der Waals surface area contributed by atoms with Crippen LogP contribution in [0.25, 0.3) is 0 Å². The third-order valence-corrected chi connectivity index (χ3v) is 9.65. The molecule has 2 nitrogen and oxygen atoms in total. The zero-order valence-electron chi connectivity index (χ0n) is 6.95. The number of hydrogen-bond acceptors (Lipinski definition) is 2. The van der Waals surface area contributed by atoms with Crippen LogP contribution in [0.4, 0.5) is 0 Å². The van der Waals surface area contributed by atoms with Gasteiger partial charge in [-0.25, -0.2) is 0 Å². The molecule has 12 heavy (non-hydrogen) atoms. The molecular weight excluding hydrogens is 300 g/mol. The Balaban J connectivity index is 2.83. The second kappa shape index (κ2) is 4.07. The molecule has 1 aromatic rings. The molecule has 0 aliphatic heterocycles. The summed E-state index contributed by atoms with van der Waals surface area (Å²) in [5.41, 5.74) is 0. The zero-order valence-corrected chi connectivity index (χ0v) is 11.4. The van der Waals surface area contributed by atoms with Crippen LogP contribution in [-0.2, 0) is 0 Å². The summed E-state index contributed by atoms with van der Waals surface area (Å²) < 4.78 is 0.867. The van der Waals surface area contributed by atoms with Gasteiger partial charge in [-0.05, 0) is 0 Å². The van der Waals surface area contributed by atoms with E-state index in [4.69, 9.17) is 8.92 Å². The van der Waals surface area contributed by atoms with Gasteiger partial charge in [0.05, 0.1) is 0 Å². The van der Waals surface area contributed by atoms with E-state index in [1.165, 1.54) is 6.20 Å². The van der Waals surface area contributed by atoms with Crippen molar-refractivity contribution >= 4 is 33.7 Å². The number of nitrogens with zero attached hydrogens (tertiary/aromatic N) is 1. The molecule has 0 aliphatic carbocycles. The predicted molar refractivity (Wildman–Crippen MR) is 54.6 cm³/mol. The van der Waals surface area contributed by atoms with Crippen LogP contribution in [0.5, 0.6) is 0 Å². The van der Waals surface area contributed by atoms with E-state index in [-0.39, 0.29) is 0 Å². The van der Waals surface area contributed by atoms with E-state index in [1.54, 1.807) is 21.1 Å². The van der Waals surface area contributed by atoms with Crippen molar-refractivity contribution in [2.75, 3.05) is 0 Å². The molecule has 0 aliphatic rings. The van der Waals surface area contributed by atoms with Crippen molar-refractivity contribution in [2.45, 2.75) is 14.9 Å². The van der Waals surface area contributed by atoms with Gasteiger partial charge in [-0.15, -0.1) is 0 Å². The van der Waals surface area contributed by atoms with Crippen LogP contribution in [-0.4, -0.2) is 15.9 Å². The van der Waals surface area contributed by atoms with Crippen LogP contribution in [0.15, 0.2) is 29.4 Å². The maximum absolute atomic E-state index is 11.2. The summed E-state index contributed by atoms with van der Waals surface area (Å²) >= 11 is -2.44. The first kappa shape index (κ1) is 10.5. The SMILES string of the molecule is [CH3][Sn]([CH3])([Cl])[S]c1cccc[n+]1[O-]. The number of rotatable bonds is 2. The summed E-state index contributed by atoms with van der Waals surface area (Å²) in [7, 11) is 7.71. The van der Waals surface area contributed by atoms with E-state index >= 15 is 0 Å². The number of hydrogen-bond donors (Lipinski definition) is 0. The Bertz CT molecular complexity index is 276. The Kier molecular flexibility index (Phi) is 3.55. The van der Waals surface area contributed by atoms with Crippen LogP contribution in [0.1, 0.15) is 0 Å². The molecule has 0 aromatic carbocycles. The van der Waals surface area contributed by atoms with Crippen LogP contribution >= 0.6 is 17.9 Å². The van der Waals surface area contributed by atoms with Gasteiger partial charge < -0.3 is 0 Å². The fourth-order valence-corrected chi connectivity index (χ4v) is 8.74. The third kappa shape index (κ3) is 3.41. The van der Waals surface area contributed by atoms with Crippen molar-refractivity contribution < 1.29 is 4.73 Å². The van der Waals surface area contributed by atoms with E-state index in [0.29, 0.717) is 5.03 Å². The molecule has 0 N–H and O–H groups in total. The minimum atomic E-state index is -2.44. The van der Waals surface area contributed by atoms with Crippen LogP contribution < -0.4 is 4.73 Å². The molecule has 0 saturated carbocycles. The number of pyridine rings is 1. The second-order valence-electron chi connectivity index (χ2n) is 2.83. The average Bonchev–Trinajstić information content (AvgIpc) is 1.91. The fourth-order valence-electron chi connectivity index (χ4n) is 0.740. The van der Waals surface area contributed by atoms with E-state index in [0.717, 1.165) is 4.73 Å². The summed E-state index contributed by atoms with van der Waals surface area (Å²) in [6.07, 6.45) is 1.50. The van der Waals surface area contributed by atoms with E-state index in [2.05, 4.69) is 9.88 Å². The van der Waals surface area contributed by atoms with Gasteiger partial charge in [0.25, 0.3) is 0 Å². The second-order valence-corrected chi connectivity index (χ2v) is 27.7. The van der Waals surface area contributed by atoms with Crippen molar-refractivity contribution in [2.24, 2.45) is 0 Å². The van der Waals surface area contributed by atoms with Crippen molar-refractivity contribution in [3.8, 4) is 0 Å². The van der Waals surface area contributed by atoms with Gasteiger partial charge >= 0.3 is 83.0 Å². The Morgan fingerprint density at radius 1 is 1.50 bits per heavy atom. The molecular formula is C7H10ClNOSSn. The van der Waals surface area contributed by atoms with Crippen LogP contribution in [0.3, 0.4) is 0 Å². The van der Waals surface area contributed by atoms with Gasteiger partial charge in [0.1, 0.15) is 0 Å². The summed E-state index contributed by atoms with van der Waals surface area (Å²) in [6, 6.07) is 5.37. The third-order valence-electron chi connectivity index (χ3n) is 1.14. The van der Waals surface area contributed by atoms with E-state index in [1.807, 2.05) is 6.07 Å². The molecule has 0 atom stereocenters. The van der Waals surface area contributed by atoms with Gasteiger partial charge in [0.15, 0.2) is 0 Å². The molecule has 1 aromatic heterocycles. The monoisotopic (exact) mass is 311 g/mol. The molecule has 0 amide bonds. The molecule has 1 rings (SSSR count). The molecule has 1 heterocycles. The first-order chi connectivity index (χ1) is 5.49. The van der Waals surface area contributed by atoms with Crippen LogP contribution in [0.2, 0.25) is 9.88 Å². The van der Waals surface area contributed by atoms with Gasteiger partial charge in [-0.2, -0.15) is 0 Å². The molecule has 0 unspecified atom stereocenters. The summed E-state index contributed by atoms with van der Waals surface area (Å²) in [4.78, 5) is 4.13. The predicted octanol–water partition coefficient (Wildman–Crippen LogP) is 2.35. The van der Waals surface area contributed by atoms with E-state index < -0.39 is 15.9 Å². The van der Waals surface area contributed by atoms with Gasteiger partial charge in [0.2, 0.25) is 0 Å². The number of halogens is 1. The Hall–Kier alpha value is 0.389. The van der Waals surface area contributed by atoms with Crippen LogP contribution in [0, 0.1) is 5.21 Å². The Labute approximate surface area is 82.6 Å². The normalized spacial score (nSPS) is 11.6. The minimum absolute atomic E-state index is 0.716.